The van der Waals surface area contributed by atoms with Crippen molar-refractivity contribution in [3.63, 3.8) is 0 Å². The van der Waals surface area contributed by atoms with Gasteiger partial charge >= 0.3 is 0 Å². The van der Waals surface area contributed by atoms with Gasteiger partial charge in [0.2, 0.25) is 0 Å². The number of nitrogens with zero attached hydrogens (tertiary/aromatic N) is 3. The maximum Gasteiger partial charge on any atom is 0.274 e. The van der Waals surface area contributed by atoms with Crippen molar-refractivity contribution in [3.05, 3.63) is 87.1 Å². The van der Waals surface area contributed by atoms with Gasteiger partial charge in [-0.25, -0.2) is 4.68 Å². The SMILES string of the molecule is Cc1cc(C(=O)Nc2ccc(C(=N)N3CCCC3)cc2Cl)n(-c2ccc3cc(Br)ccc3c2)n1. The maximum absolute atomic E-state index is 13.2. The van der Waals surface area contributed by atoms with Crippen molar-refractivity contribution in [2.75, 3.05) is 18.4 Å². The average Bonchev–Trinajstić information content (AvgIpc) is 3.49. The fourth-order valence-electron chi connectivity index (χ4n) is 4.27. The van der Waals surface area contributed by atoms with Gasteiger partial charge in [0.15, 0.2) is 0 Å². The van der Waals surface area contributed by atoms with Crippen LogP contribution in [0.25, 0.3) is 16.5 Å². The van der Waals surface area contributed by atoms with Crippen LogP contribution in [0.5, 0.6) is 0 Å². The Morgan fingerprint density at radius 3 is 2.53 bits per heavy atom. The largest absolute Gasteiger partial charge is 0.357 e. The van der Waals surface area contributed by atoms with Crippen molar-refractivity contribution in [2.24, 2.45) is 0 Å². The van der Waals surface area contributed by atoms with Gasteiger partial charge < -0.3 is 10.2 Å². The van der Waals surface area contributed by atoms with Gasteiger partial charge in [-0.3, -0.25) is 10.2 Å². The summed E-state index contributed by atoms with van der Waals surface area (Å²) in [6, 6.07) is 19.1. The number of amidine groups is 1. The van der Waals surface area contributed by atoms with E-state index < -0.39 is 0 Å². The Morgan fingerprint density at radius 2 is 1.76 bits per heavy atom. The van der Waals surface area contributed by atoms with Crippen LogP contribution in [-0.4, -0.2) is 39.5 Å². The molecule has 3 aromatic carbocycles. The van der Waals surface area contributed by atoms with Crippen LogP contribution in [-0.2, 0) is 0 Å². The zero-order valence-electron chi connectivity index (χ0n) is 18.6. The van der Waals surface area contributed by atoms with Gasteiger partial charge in [-0.05, 0) is 79.1 Å². The molecule has 0 spiro atoms. The van der Waals surface area contributed by atoms with Crippen molar-refractivity contribution in [3.8, 4) is 5.69 Å². The molecule has 0 saturated carbocycles. The molecule has 172 valence electrons. The van der Waals surface area contributed by atoms with Gasteiger partial charge in [-0.15, -0.1) is 0 Å². The zero-order valence-corrected chi connectivity index (χ0v) is 20.9. The first-order valence-corrected chi connectivity index (χ1v) is 12.3. The summed E-state index contributed by atoms with van der Waals surface area (Å²) in [5.41, 5.74) is 3.20. The quantitative estimate of drug-likeness (QED) is 0.233. The van der Waals surface area contributed by atoms with E-state index in [9.17, 15) is 4.79 Å². The van der Waals surface area contributed by atoms with Crippen LogP contribution in [0.3, 0.4) is 0 Å². The number of rotatable bonds is 4. The van der Waals surface area contributed by atoms with Crippen LogP contribution in [0.15, 0.2) is 65.1 Å². The summed E-state index contributed by atoms with van der Waals surface area (Å²) in [5.74, 6) is 0.162. The van der Waals surface area contributed by atoms with E-state index in [-0.39, 0.29) is 5.91 Å². The van der Waals surface area contributed by atoms with E-state index >= 15 is 0 Å². The Morgan fingerprint density at radius 1 is 1.03 bits per heavy atom. The first kappa shape index (κ1) is 22.6. The lowest BCUT2D eigenvalue weighted by molar-refractivity contribution is 0.101. The highest BCUT2D eigenvalue weighted by Crippen LogP contribution is 2.27. The molecule has 2 heterocycles. The first-order valence-electron chi connectivity index (χ1n) is 11.1. The molecule has 1 saturated heterocycles. The Hall–Kier alpha value is -3.16. The van der Waals surface area contributed by atoms with Gasteiger partial charge in [-0.2, -0.15) is 5.10 Å². The summed E-state index contributed by atoms with van der Waals surface area (Å²) in [6.45, 7) is 3.64. The molecule has 1 aromatic heterocycles. The smallest absolute Gasteiger partial charge is 0.274 e. The number of hydrogen-bond acceptors (Lipinski definition) is 3. The molecule has 1 aliphatic rings. The van der Waals surface area contributed by atoms with E-state index in [0.29, 0.717) is 22.2 Å². The molecule has 1 aliphatic heterocycles. The van der Waals surface area contributed by atoms with Crippen molar-refractivity contribution >= 4 is 55.7 Å². The number of halogens is 2. The van der Waals surface area contributed by atoms with Crippen LogP contribution in [0.4, 0.5) is 5.69 Å². The zero-order chi connectivity index (χ0) is 23.8. The van der Waals surface area contributed by atoms with E-state index in [4.69, 9.17) is 17.0 Å². The standard InChI is InChI=1S/C26H23BrClN5O/c1-16-12-24(33(31-16)21-8-5-17-13-20(27)7-4-18(17)14-21)26(34)30-23-9-6-19(15-22(23)28)25(29)32-10-2-3-11-32/h4-9,12-15,29H,2-3,10-11H2,1H3,(H,30,34). The number of benzene rings is 3. The van der Waals surface area contributed by atoms with Gasteiger partial charge in [0.1, 0.15) is 11.5 Å². The van der Waals surface area contributed by atoms with Crippen molar-refractivity contribution < 1.29 is 4.79 Å². The fourth-order valence-corrected chi connectivity index (χ4v) is 4.87. The van der Waals surface area contributed by atoms with Gasteiger partial charge in [0, 0.05) is 23.1 Å². The summed E-state index contributed by atoms with van der Waals surface area (Å²) in [6.07, 6.45) is 2.21. The van der Waals surface area contributed by atoms with Gasteiger partial charge in [0.05, 0.1) is 22.1 Å². The Kier molecular flexibility index (Phi) is 6.15. The molecular weight excluding hydrogens is 514 g/mol. The number of aromatic nitrogens is 2. The monoisotopic (exact) mass is 535 g/mol. The summed E-state index contributed by atoms with van der Waals surface area (Å²) in [4.78, 5) is 15.3. The number of carbonyl (C=O) groups is 1. The molecule has 0 aliphatic carbocycles. The van der Waals surface area contributed by atoms with Crippen molar-refractivity contribution in [1.82, 2.24) is 14.7 Å². The van der Waals surface area contributed by atoms with E-state index in [2.05, 4.69) is 32.4 Å². The number of hydrogen-bond donors (Lipinski definition) is 2. The van der Waals surface area contributed by atoms with E-state index in [0.717, 1.165) is 58.1 Å². The summed E-state index contributed by atoms with van der Waals surface area (Å²) in [7, 11) is 0. The number of anilines is 1. The normalized spacial score (nSPS) is 13.4. The molecule has 0 radical (unpaired) electrons. The Bertz CT molecular complexity index is 1420. The Balaban J connectivity index is 1.41. The van der Waals surface area contributed by atoms with Crippen molar-refractivity contribution in [2.45, 2.75) is 19.8 Å². The second-order valence-corrected chi connectivity index (χ2v) is 9.77. The average molecular weight is 537 g/mol. The predicted molar refractivity (Wildman–Crippen MR) is 141 cm³/mol. The van der Waals surface area contributed by atoms with Gasteiger partial charge in [0.25, 0.3) is 5.91 Å². The highest BCUT2D eigenvalue weighted by Gasteiger charge is 2.19. The molecule has 1 fully saturated rings. The minimum absolute atomic E-state index is 0.305. The number of nitrogens with one attached hydrogen (secondary N) is 2. The molecule has 5 rings (SSSR count). The highest BCUT2D eigenvalue weighted by molar-refractivity contribution is 9.10. The minimum atomic E-state index is -0.305. The lowest BCUT2D eigenvalue weighted by atomic mass is 10.1. The molecule has 8 heteroatoms. The summed E-state index contributed by atoms with van der Waals surface area (Å²) in [5, 5.41) is 18.4. The number of fused-ring (bicyclic) bond motifs is 1. The number of aryl methyl sites for hydroxylation is 1. The van der Waals surface area contributed by atoms with Crippen LogP contribution in [0.2, 0.25) is 5.02 Å². The minimum Gasteiger partial charge on any atom is -0.357 e. The molecule has 34 heavy (non-hydrogen) atoms. The first-order chi connectivity index (χ1) is 16.4. The Labute approximate surface area is 211 Å². The molecule has 0 unspecified atom stereocenters. The highest BCUT2D eigenvalue weighted by atomic mass is 79.9. The maximum atomic E-state index is 13.2. The van der Waals surface area contributed by atoms with Gasteiger partial charge in [-0.1, -0.05) is 39.7 Å². The second-order valence-electron chi connectivity index (χ2n) is 8.45. The summed E-state index contributed by atoms with van der Waals surface area (Å²) < 4.78 is 2.67. The molecule has 4 aromatic rings. The third-order valence-corrected chi connectivity index (χ3v) is 6.81. The van der Waals surface area contributed by atoms with Crippen LogP contribution < -0.4 is 5.32 Å². The lowest BCUT2D eigenvalue weighted by Gasteiger charge is -2.19. The third kappa shape index (κ3) is 4.45. The molecular formula is C26H23BrClN5O. The third-order valence-electron chi connectivity index (χ3n) is 6.01. The predicted octanol–water partition coefficient (Wildman–Crippen LogP) is 6.42. The van der Waals surface area contributed by atoms with E-state index in [1.54, 1.807) is 22.9 Å². The lowest BCUT2D eigenvalue weighted by Crippen LogP contribution is -2.27. The molecule has 0 atom stereocenters. The van der Waals surface area contributed by atoms with E-state index in [1.807, 2.05) is 48.2 Å². The summed E-state index contributed by atoms with van der Waals surface area (Å²) >= 11 is 10.00. The topological polar surface area (TPSA) is 74.0 Å². The van der Waals surface area contributed by atoms with E-state index in [1.165, 1.54) is 0 Å². The number of amides is 1. The van der Waals surface area contributed by atoms with Crippen molar-refractivity contribution in [1.29, 1.82) is 5.41 Å². The fraction of sp³-hybridized carbons (Fsp3) is 0.192. The molecule has 6 nitrogen and oxygen atoms in total. The molecule has 2 N–H and O–H groups in total. The van der Waals surface area contributed by atoms with Crippen LogP contribution >= 0.6 is 27.5 Å². The van der Waals surface area contributed by atoms with Crippen LogP contribution in [0.1, 0.15) is 34.6 Å². The number of likely N-dealkylation sites (tertiary alicyclic amines) is 1. The molecule has 0 bridgehead atoms. The number of carbonyl (C=O) groups excluding carboxylic acids is 1. The van der Waals surface area contributed by atoms with Crippen LogP contribution in [0, 0.1) is 12.3 Å². The second kappa shape index (κ2) is 9.24. The molecule has 1 amide bonds.